The molecule has 3 rings (SSSR count). The first-order chi connectivity index (χ1) is 12.7. The predicted octanol–water partition coefficient (Wildman–Crippen LogP) is 2.08. The van der Waals surface area contributed by atoms with E-state index in [4.69, 9.17) is 0 Å². The van der Waals surface area contributed by atoms with Crippen molar-refractivity contribution < 1.29 is 14.4 Å². The van der Waals surface area contributed by atoms with Crippen LogP contribution in [0.2, 0.25) is 0 Å². The number of imide groups is 1. The summed E-state index contributed by atoms with van der Waals surface area (Å²) >= 11 is 0. The van der Waals surface area contributed by atoms with Crippen LogP contribution in [0.1, 0.15) is 45.6 Å². The number of rotatable bonds is 3. The first kappa shape index (κ1) is 19.4. The predicted molar refractivity (Wildman–Crippen MR) is 104 cm³/mol. The van der Waals surface area contributed by atoms with Gasteiger partial charge < -0.3 is 9.80 Å². The van der Waals surface area contributed by atoms with Crippen LogP contribution in [0.15, 0.2) is 24.3 Å². The van der Waals surface area contributed by atoms with Gasteiger partial charge in [0.05, 0.1) is 0 Å². The van der Waals surface area contributed by atoms with E-state index in [0.29, 0.717) is 13.1 Å². The highest BCUT2D eigenvalue weighted by molar-refractivity contribution is 5.98. The van der Waals surface area contributed by atoms with Crippen molar-refractivity contribution in [3.05, 3.63) is 29.8 Å². The normalized spacial score (nSPS) is 19.2. The largest absolute Gasteiger partial charge is 0.368 e. The Morgan fingerprint density at radius 3 is 2.22 bits per heavy atom. The molecule has 0 aliphatic carbocycles. The molecule has 146 valence electrons. The summed E-state index contributed by atoms with van der Waals surface area (Å²) in [6, 6.07) is 8.47. The molecule has 0 bridgehead atoms. The number of anilines is 1. The standard InChI is InChI=1S/C21H29N3O3/c1-21(2,3)16-6-4-5-7-17(16)23-8-10-24(11-9-23)20(27)14-15-12-18(25)22-19(26)13-15/h4-7,15H,8-14H2,1-3H3,(H,22,25,26). The van der Waals surface area contributed by atoms with Crippen molar-refractivity contribution in [3.63, 3.8) is 0 Å². The highest BCUT2D eigenvalue weighted by Gasteiger charge is 2.30. The average molecular weight is 371 g/mol. The van der Waals surface area contributed by atoms with Gasteiger partial charge in [0.1, 0.15) is 0 Å². The van der Waals surface area contributed by atoms with E-state index in [2.05, 4.69) is 55.3 Å². The number of piperidine rings is 1. The molecule has 0 atom stereocenters. The summed E-state index contributed by atoms with van der Waals surface area (Å²) in [6.45, 7) is 9.58. The highest BCUT2D eigenvalue weighted by Crippen LogP contribution is 2.32. The summed E-state index contributed by atoms with van der Waals surface area (Å²) in [7, 11) is 0. The van der Waals surface area contributed by atoms with Crippen molar-refractivity contribution >= 4 is 23.4 Å². The summed E-state index contributed by atoms with van der Waals surface area (Å²) in [6.07, 6.45) is 0.796. The van der Waals surface area contributed by atoms with Gasteiger partial charge in [0.15, 0.2) is 0 Å². The Hall–Kier alpha value is -2.37. The smallest absolute Gasteiger partial charge is 0.226 e. The molecule has 2 saturated heterocycles. The Morgan fingerprint density at radius 1 is 1.04 bits per heavy atom. The molecular weight excluding hydrogens is 342 g/mol. The summed E-state index contributed by atoms with van der Waals surface area (Å²) < 4.78 is 0. The number of carbonyl (C=O) groups is 3. The molecule has 1 aromatic carbocycles. The van der Waals surface area contributed by atoms with Gasteiger partial charge in [-0.3, -0.25) is 19.7 Å². The Bertz CT molecular complexity index is 714. The zero-order valence-electron chi connectivity index (χ0n) is 16.5. The van der Waals surface area contributed by atoms with E-state index >= 15 is 0 Å². The highest BCUT2D eigenvalue weighted by atomic mass is 16.2. The maximum atomic E-state index is 12.6. The lowest BCUT2D eigenvalue weighted by Gasteiger charge is -2.39. The van der Waals surface area contributed by atoms with Crippen LogP contribution in [-0.2, 0) is 19.8 Å². The number of nitrogens with one attached hydrogen (secondary N) is 1. The van der Waals surface area contributed by atoms with E-state index in [-0.39, 0.29) is 48.3 Å². The van der Waals surface area contributed by atoms with Crippen LogP contribution < -0.4 is 10.2 Å². The van der Waals surface area contributed by atoms with Gasteiger partial charge >= 0.3 is 0 Å². The molecule has 2 aliphatic rings. The third-order valence-electron chi connectivity index (χ3n) is 5.38. The van der Waals surface area contributed by atoms with Crippen LogP contribution in [0.25, 0.3) is 0 Å². The van der Waals surface area contributed by atoms with Gasteiger partial charge in [0, 0.05) is 51.1 Å². The number of benzene rings is 1. The third-order valence-corrected chi connectivity index (χ3v) is 5.38. The SMILES string of the molecule is CC(C)(C)c1ccccc1N1CCN(C(=O)CC2CC(=O)NC(=O)C2)CC1. The van der Waals surface area contributed by atoms with E-state index in [9.17, 15) is 14.4 Å². The number of piperazine rings is 1. The maximum absolute atomic E-state index is 12.6. The van der Waals surface area contributed by atoms with Crippen LogP contribution in [0.4, 0.5) is 5.69 Å². The third kappa shape index (κ3) is 4.67. The summed E-state index contributed by atoms with van der Waals surface area (Å²) in [5.41, 5.74) is 2.63. The monoisotopic (exact) mass is 371 g/mol. The molecule has 1 N–H and O–H groups in total. The molecule has 2 heterocycles. The number of hydrogen-bond donors (Lipinski definition) is 1. The number of para-hydroxylation sites is 1. The molecule has 0 radical (unpaired) electrons. The van der Waals surface area contributed by atoms with Crippen molar-refractivity contribution in [2.45, 2.75) is 45.4 Å². The van der Waals surface area contributed by atoms with E-state index in [1.807, 2.05) is 4.90 Å². The van der Waals surface area contributed by atoms with Gasteiger partial charge in [-0.25, -0.2) is 0 Å². The van der Waals surface area contributed by atoms with Crippen molar-refractivity contribution in [2.75, 3.05) is 31.1 Å². The fraction of sp³-hybridized carbons (Fsp3) is 0.571. The molecule has 3 amide bonds. The minimum Gasteiger partial charge on any atom is -0.368 e. The molecule has 2 fully saturated rings. The molecule has 0 aromatic heterocycles. The molecule has 1 aromatic rings. The van der Waals surface area contributed by atoms with E-state index in [0.717, 1.165) is 13.1 Å². The Morgan fingerprint density at radius 2 is 1.63 bits per heavy atom. The van der Waals surface area contributed by atoms with Crippen LogP contribution in [0, 0.1) is 5.92 Å². The summed E-state index contributed by atoms with van der Waals surface area (Å²) in [5, 5.41) is 2.29. The van der Waals surface area contributed by atoms with Crippen LogP contribution in [0.5, 0.6) is 0 Å². The first-order valence-electron chi connectivity index (χ1n) is 9.69. The van der Waals surface area contributed by atoms with Gasteiger partial charge in [-0.05, 0) is 23.0 Å². The van der Waals surface area contributed by atoms with Crippen molar-refractivity contribution in [1.82, 2.24) is 10.2 Å². The Labute approximate surface area is 160 Å². The molecule has 6 heteroatoms. The summed E-state index contributed by atoms with van der Waals surface area (Å²) in [4.78, 5) is 39.8. The van der Waals surface area contributed by atoms with Crippen molar-refractivity contribution in [2.24, 2.45) is 5.92 Å². The zero-order valence-corrected chi connectivity index (χ0v) is 16.5. The Balaban J connectivity index is 1.59. The minimum atomic E-state index is -0.271. The molecular formula is C21H29N3O3. The van der Waals surface area contributed by atoms with E-state index in [1.54, 1.807) is 0 Å². The first-order valence-corrected chi connectivity index (χ1v) is 9.69. The molecule has 6 nitrogen and oxygen atoms in total. The lowest BCUT2D eigenvalue weighted by Crippen LogP contribution is -2.50. The molecule has 0 spiro atoms. The van der Waals surface area contributed by atoms with Gasteiger partial charge in [-0.2, -0.15) is 0 Å². The number of carbonyl (C=O) groups excluding carboxylic acids is 3. The van der Waals surface area contributed by atoms with Gasteiger partial charge in [0.2, 0.25) is 17.7 Å². The van der Waals surface area contributed by atoms with E-state index in [1.165, 1.54) is 11.3 Å². The molecule has 0 unspecified atom stereocenters. The molecule has 2 aliphatic heterocycles. The van der Waals surface area contributed by atoms with Crippen molar-refractivity contribution in [3.8, 4) is 0 Å². The van der Waals surface area contributed by atoms with Crippen LogP contribution in [-0.4, -0.2) is 48.8 Å². The zero-order chi connectivity index (χ0) is 19.6. The van der Waals surface area contributed by atoms with Gasteiger partial charge in [-0.1, -0.05) is 39.0 Å². The fourth-order valence-electron chi connectivity index (χ4n) is 3.95. The van der Waals surface area contributed by atoms with Crippen LogP contribution >= 0.6 is 0 Å². The van der Waals surface area contributed by atoms with E-state index < -0.39 is 0 Å². The summed E-state index contributed by atoms with van der Waals surface area (Å²) in [5.74, 6) is -0.662. The Kier molecular flexibility index (Phi) is 5.53. The number of nitrogens with zero attached hydrogens (tertiary/aromatic N) is 2. The number of hydrogen-bond acceptors (Lipinski definition) is 4. The quantitative estimate of drug-likeness (QED) is 0.826. The van der Waals surface area contributed by atoms with Gasteiger partial charge in [0.25, 0.3) is 0 Å². The second-order valence-corrected chi connectivity index (χ2v) is 8.58. The average Bonchev–Trinajstić information content (AvgIpc) is 2.60. The second-order valence-electron chi connectivity index (χ2n) is 8.58. The van der Waals surface area contributed by atoms with Crippen molar-refractivity contribution in [1.29, 1.82) is 0 Å². The lowest BCUT2D eigenvalue weighted by atomic mass is 9.85. The minimum absolute atomic E-state index is 0.0475. The molecule has 0 saturated carbocycles. The lowest BCUT2D eigenvalue weighted by molar-refractivity contribution is -0.137. The molecule has 27 heavy (non-hydrogen) atoms. The number of amides is 3. The van der Waals surface area contributed by atoms with Gasteiger partial charge in [-0.15, -0.1) is 0 Å². The topological polar surface area (TPSA) is 69.7 Å². The second kappa shape index (κ2) is 7.71. The fourth-order valence-corrected chi connectivity index (χ4v) is 3.95. The maximum Gasteiger partial charge on any atom is 0.226 e. The van der Waals surface area contributed by atoms with Crippen LogP contribution in [0.3, 0.4) is 0 Å².